The zero-order valence-corrected chi connectivity index (χ0v) is 10.1. The van der Waals surface area contributed by atoms with E-state index in [1.807, 2.05) is 6.92 Å². The Kier molecular flexibility index (Phi) is 4.78. The van der Waals surface area contributed by atoms with Crippen molar-refractivity contribution in [3.05, 3.63) is 23.8 Å². The number of hydrogen-bond acceptors (Lipinski definition) is 4. The van der Waals surface area contributed by atoms with Gasteiger partial charge in [0.2, 0.25) is 0 Å². The Morgan fingerprint density at radius 3 is 2.82 bits per heavy atom. The maximum atomic E-state index is 11.9. The highest BCUT2D eigenvalue weighted by atomic mass is 16.5. The highest BCUT2D eigenvalue weighted by molar-refractivity contribution is 5.97. The molecular weight excluding hydrogens is 220 g/mol. The van der Waals surface area contributed by atoms with Crippen LogP contribution in [0.2, 0.25) is 0 Å². The van der Waals surface area contributed by atoms with E-state index in [9.17, 15) is 4.79 Å². The number of carbonyl (C=O) groups is 1. The van der Waals surface area contributed by atoms with Crippen LogP contribution < -0.4 is 15.8 Å². The van der Waals surface area contributed by atoms with E-state index in [1.54, 1.807) is 18.2 Å². The number of nitrogens with two attached hydrogens (primary N) is 1. The Labute approximate surface area is 101 Å². The molecule has 17 heavy (non-hydrogen) atoms. The van der Waals surface area contributed by atoms with Gasteiger partial charge in [-0.1, -0.05) is 6.92 Å². The molecule has 0 fully saturated rings. The molecule has 0 heterocycles. The molecule has 1 aromatic carbocycles. The summed E-state index contributed by atoms with van der Waals surface area (Å²) in [6.07, 6.45) is 0.666. The maximum absolute atomic E-state index is 11.9. The number of aliphatic hydroxyl groups excluding tert-OH is 1. The molecule has 0 saturated heterocycles. The van der Waals surface area contributed by atoms with E-state index in [0.717, 1.165) is 0 Å². The second-order valence-electron chi connectivity index (χ2n) is 3.72. The van der Waals surface area contributed by atoms with Crippen LogP contribution in [0.4, 0.5) is 5.69 Å². The summed E-state index contributed by atoms with van der Waals surface area (Å²) >= 11 is 0. The summed E-state index contributed by atoms with van der Waals surface area (Å²) in [5.41, 5.74) is 6.55. The Hall–Kier alpha value is -1.75. The van der Waals surface area contributed by atoms with E-state index in [2.05, 4.69) is 5.32 Å². The highest BCUT2D eigenvalue weighted by Crippen LogP contribution is 2.21. The lowest BCUT2D eigenvalue weighted by Crippen LogP contribution is -2.37. The van der Waals surface area contributed by atoms with Crippen LogP contribution in [0.25, 0.3) is 0 Å². The fraction of sp³-hybridized carbons (Fsp3) is 0.417. The van der Waals surface area contributed by atoms with Crippen molar-refractivity contribution >= 4 is 11.6 Å². The standard InChI is InChI=1S/C12H18N2O3/c1-3-9(7-15)14-12(16)10-5-4-8(13)6-11(10)17-2/h4-6,9,15H,3,7,13H2,1-2H3,(H,14,16)/t9-/m1/s1. The quantitative estimate of drug-likeness (QED) is 0.662. The summed E-state index contributed by atoms with van der Waals surface area (Å²) in [5, 5.41) is 11.7. The van der Waals surface area contributed by atoms with Crippen LogP contribution in [0.5, 0.6) is 5.75 Å². The van der Waals surface area contributed by atoms with Crippen molar-refractivity contribution in [2.45, 2.75) is 19.4 Å². The average molecular weight is 238 g/mol. The van der Waals surface area contributed by atoms with Gasteiger partial charge in [-0.25, -0.2) is 0 Å². The average Bonchev–Trinajstić information content (AvgIpc) is 2.35. The molecule has 5 heteroatoms. The molecule has 0 bridgehead atoms. The summed E-state index contributed by atoms with van der Waals surface area (Å²) in [7, 11) is 1.48. The third-order valence-electron chi connectivity index (χ3n) is 2.52. The molecule has 1 atom stereocenters. The lowest BCUT2D eigenvalue weighted by Gasteiger charge is -2.15. The first-order valence-corrected chi connectivity index (χ1v) is 5.47. The van der Waals surface area contributed by atoms with E-state index >= 15 is 0 Å². The van der Waals surface area contributed by atoms with Gasteiger partial charge in [0.05, 0.1) is 25.3 Å². The molecule has 1 rings (SSSR count). The third kappa shape index (κ3) is 3.35. The van der Waals surface area contributed by atoms with E-state index in [4.69, 9.17) is 15.6 Å². The number of aliphatic hydroxyl groups is 1. The Morgan fingerprint density at radius 2 is 2.29 bits per heavy atom. The summed E-state index contributed by atoms with van der Waals surface area (Å²) in [6, 6.07) is 4.59. The van der Waals surface area contributed by atoms with Crippen molar-refractivity contribution in [2.24, 2.45) is 0 Å². The van der Waals surface area contributed by atoms with Gasteiger partial charge in [0.15, 0.2) is 0 Å². The fourth-order valence-electron chi connectivity index (χ4n) is 1.44. The monoisotopic (exact) mass is 238 g/mol. The minimum absolute atomic E-state index is 0.0838. The minimum Gasteiger partial charge on any atom is -0.496 e. The predicted molar refractivity (Wildman–Crippen MR) is 66.0 cm³/mol. The molecule has 0 aromatic heterocycles. The van der Waals surface area contributed by atoms with E-state index in [0.29, 0.717) is 23.4 Å². The first-order chi connectivity index (χ1) is 8.12. The molecule has 4 N–H and O–H groups in total. The number of amides is 1. The van der Waals surface area contributed by atoms with Crippen LogP contribution in [0.3, 0.4) is 0 Å². The first-order valence-electron chi connectivity index (χ1n) is 5.47. The smallest absolute Gasteiger partial charge is 0.255 e. The SMILES string of the molecule is CC[C@H](CO)NC(=O)c1ccc(N)cc1OC. The normalized spacial score (nSPS) is 11.9. The van der Waals surface area contributed by atoms with Crippen LogP contribution in [0, 0.1) is 0 Å². The summed E-state index contributed by atoms with van der Waals surface area (Å²) in [5.74, 6) is 0.151. The third-order valence-corrected chi connectivity index (χ3v) is 2.52. The van der Waals surface area contributed by atoms with Crippen LogP contribution >= 0.6 is 0 Å². The van der Waals surface area contributed by atoms with Crippen LogP contribution in [0.1, 0.15) is 23.7 Å². The van der Waals surface area contributed by atoms with Gasteiger partial charge < -0.3 is 20.9 Å². The van der Waals surface area contributed by atoms with Gasteiger partial charge in [0.25, 0.3) is 5.91 Å². The number of methoxy groups -OCH3 is 1. The van der Waals surface area contributed by atoms with Gasteiger partial charge >= 0.3 is 0 Å². The van der Waals surface area contributed by atoms with Gasteiger partial charge in [0.1, 0.15) is 5.75 Å². The molecule has 0 spiro atoms. The topological polar surface area (TPSA) is 84.6 Å². The number of ether oxygens (including phenoxy) is 1. The van der Waals surface area contributed by atoms with Crippen LogP contribution in [0.15, 0.2) is 18.2 Å². The largest absolute Gasteiger partial charge is 0.496 e. The second-order valence-corrected chi connectivity index (χ2v) is 3.72. The lowest BCUT2D eigenvalue weighted by molar-refractivity contribution is 0.0912. The molecule has 0 radical (unpaired) electrons. The number of anilines is 1. The van der Waals surface area contributed by atoms with E-state index in [-0.39, 0.29) is 18.6 Å². The second kappa shape index (κ2) is 6.10. The van der Waals surface area contributed by atoms with Gasteiger partial charge in [-0.05, 0) is 18.6 Å². The zero-order chi connectivity index (χ0) is 12.8. The zero-order valence-electron chi connectivity index (χ0n) is 10.1. The summed E-state index contributed by atoms with van der Waals surface area (Å²) < 4.78 is 5.09. The van der Waals surface area contributed by atoms with Gasteiger partial charge in [-0.15, -0.1) is 0 Å². The number of rotatable bonds is 5. The van der Waals surface area contributed by atoms with Crippen molar-refractivity contribution in [3.63, 3.8) is 0 Å². The molecule has 0 unspecified atom stereocenters. The minimum atomic E-state index is -0.275. The Bertz CT molecular complexity index is 389. The molecule has 0 saturated carbocycles. The van der Waals surface area contributed by atoms with Gasteiger partial charge in [-0.3, -0.25) is 4.79 Å². The molecule has 0 aliphatic rings. The molecule has 5 nitrogen and oxygen atoms in total. The van der Waals surface area contributed by atoms with Crippen molar-refractivity contribution in [3.8, 4) is 5.75 Å². The number of carbonyl (C=O) groups excluding carboxylic acids is 1. The fourth-order valence-corrected chi connectivity index (χ4v) is 1.44. The number of hydrogen-bond donors (Lipinski definition) is 3. The molecule has 1 aromatic rings. The van der Waals surface area contributed by atoms with Gasteiger partial charge in [0, 0.05) is 11.8 Å². The van der Waals surface area contributed by atoms with Crippen molar-refractivity contribution in [1.82, 2.24) is 5.32 Å². The lowest BCUT2D eigenvalue weighted by atomic mass is 10.1. The number of benzene rings is 1. The Balaban J connectivity index is 2.88. The molecule has 0 aliphatic heterocycles. The Morgan fingerprint density at radius 1 is 1.59 bits per heavy atom. The molecule has 94 valence electrons. The predicted octanol–water partition coefficient (Wildman–Crippen LogP) is 0.778. The molecule has 0 aliphatic carbocycles. The molecular formula is C12H18N2O3. The van der Waals surface area contributed by atoms with Gasteiger partial charge in [-0.2, -0.15) is 0 Å². The first kappa shape index (κ1) is 13.3. The van der Waals surface area contributed by atoms with E-state index < -0.39 is 0 Å². The van der Waals surface area contributed by atoms with E-state index in [1.165, 1.54) is 7.11 Å². The molecule has 1 amide bonds. The van der Waals surface area contributed by atoms with Crippen LogP contribution in [-0.4, -0.2) is 30.8 Å². The summed E-state index contributed by atoms with van der Waals surface area (Å²) in [4.78, 5) is 11.9. The van der Waals surface area contributed by atoms with Crippen molar-refractivity contribution in [2.75, 3.05) is 19.5 Å². The number of nitrogens with one attached hydrogen (secondary N) is 1. The number of nitrogen functional groups attached to an aromatic ring is 1. The highest BCUT2D eigenvalue weighted by Gasteiger charge is 2.15. The van der Waals surface area contributed by atoms with Crippen molar-refractivity contribution < 1.29 is 14.6 Å². The van der Waals surface area contributed by atoms with Crippen LogP contribution in [-0.2, 0) is 0 Å². The summed E-state index contributed by atoms with van der Waals surface area (Å²) in [6.45, 7) is 1.81. The maximum Gasteiger partial charge on any atom is 0.255 e. The van der Waals surface area contributed by atoms with Crippen molar-refractivity contribution in [1.29, 1.82) is 0 Å².